The average Bonchev–Trinajstić information content (AvgIpc) is 3.05. The summed E-state index contributed by atoms with van der Waals surface area (Å²) in [7, 11) is 0. The number of benzene rings is 2. The molecule has 0 aromatic heterocycles. The van der Waals surface area contributed by atoms with E-state index in [-0.39, 0.29) is 49.8 Å². The topological polar surface area (TPSA) is 94.2 Å². The lowest BCUT2D eigenvalue weighted by atomic mass is 10.2. The van der Waals surface area contributed by atoms with Crippen molar-refractivity contribution in [1.29, 1.82) is 0 Å². The Morgan fingerprint density at radius 2 is 0.727 bits per heavy atom. The molecule has 0 atom stereocenters. The smallest absolute Gasteiger partial charge is 0.244 e. The molecule has 0 saturated carbocycles. The molecular formula is C32H42N8O4. The molecule has 44 heavy (non-hydrogen) atoms. The number of hydrogen-bond donors (Lipinski definition) is 0. The van der Waals surface area contributed by atoms with Gasteiger partial charge in [-0.05, 0) is 24.3 Å². The van der Waals surface area contributed by atoms with Gasteiger partial charge < -0.3 is 9.80 Å². The van der Waals surface area contributed by atoms with E-state index in [4.69, 9.17) is 0 Å². The number of rotatable bonds is 9. The molecule has 0 N–H and O–H groups in total. The molecule has 2 aromatic carbocycles. The summed E-state index contributed by atoms with van der Waals surface area (Å²) >= 11 is 0. The van der Waals surface area contributed by atoms with E-state index in [2.05, 4.69) is 43.9 Å². The molecule has 234 valence electrons. The molecule has 0 spiro atoms. The average molecular weight is 603 g/mol. The maximum Gasteiger partial charge on any atom is 0.244 e. The molecule has 4 aliphatic heterocycles. The van der Waals surface area contributed by atoms with Crippen LogP contribution in [0, 0.1) is 0 Å². The largest absolute Gasteiger partial charge is 0.369 e. The van der Waals surface area contributed by atoms with E-state index >= 15 is 0 Å². The number of hydrogen-bond acceptors (Lipinski definition) is 10. The second kappa shape index (κ2) is 13.9. The van der Waals surface area contributed by atoms with E-state index in [1.807, 2.05) is 46.2 Å². The zero-order chi connectivity index (χ0) is 30.5. The van der Waals surface area contributed by atoms with Crippen LogP contribution in [0.5, 0.6) is 0 Å². The Kier molecular flexibility index (Phi) is 9.51. The normalized spacial score (nSPS) is 21.9. The number of anilines is 2. The SMILES string of the molecule is O=C1CN(CCN2CC(=O)N(CN3CCN(c4ccccc4)CC3)C(=O)C2)CC(=O)N1CN1CCN(c2ccccc2)CC1. The second-order valence-corrected chi connectivity index (χ2v) is 12.0. The van der Waals surface area contributed by atoms with Crippen LogP contribution in [0.15, 0.2) is 60.7 Å². The third-order valence-corrected chi connectivity index (χ3v) is 9.04. The van der Waals surface area contributed by atoms with Crippen LogP contribution in [0.25, 0.3) is 0 Å². The highest BCUT2D eigenvalue weighted by atomic mass is 16.2. The minimum atomic E-state index is -0.198. The molecule has 4 amide bonds. The molecule has 0 unspecified atom stereocenters. The molecule has 4 aliphatic rings. The molecule has 4 saturated heterocycles. The molecule has 0 bridgehead atoms. The summed E-state index contributed by atoms with van der Waals surface area (Å²) < 4.78 is 0. The maximum atomic E-state index is 13.0. The van der Waals surface area contributed by atoms with Gasteiger partial charge in [-0.3, -0.25) is 48.6 Å². The van der Waals surface area contributed by atoms with Gasteiger partial charge >= 0.3 is 0 Å². The van der Waals surface area contributed by atoms with Crippen LogP contribution in [0.2, 0.25) is 0 Å². The Morgan fingerprint density at radius 3 is 1.05 bits per heavy atom. The Labute approximate surface area is 258 Å². The molecule has 0 radical (unpaired) electrons. The Bertz CT molecular complexity index is 1170. The van der Waals surface area contributed by atoms with Crippen molar-refractivity contribution in [2.24, 2.45) is 0 Å². The molecule has 4 heterocycles. The number of imide groups is 2. The summed E-state index contributed by atoms with van der Waals surface area (Å²) in [5, 5.41) is 0. The highest BCUT2D eigenvalue weighted by Crippen LogP contribution is 2.18. The van der Waals surface area contributed by atoms with Gasteiger partial charge in [-0.25, -0.2) is 0 Å². The summed E-state index contributed by atoms with van der Waals surface area (Å²) in [6.07, 6.45) is 0. The van der Waals surface area contributed by atoms with Crippen LogP contribution in [0.3, 0.4) is 0 Å². The fraction of sp³-hybridized carbons (Fsp3) is 0.500. The van der Waals surface area contributed by atoms with Crippen molar-refractivity contribution >= 4 is 35.0 Å². The Morgan fingerprint density at radius 1 is 0.409 bits per heavy atom. The predicted octanol–water partition coefficient (Wildman–Crippen LogP) is -0.113. The minimum absolute atomic E-state index is 0.159. The molecule has 12 nitrogen and oxygen atoms in total. The van der Waals surface area contributed by atoms with Gasteiger partial charge in [0.2, 0.25) is 23.6 Å². The molecule has 2 aromatic rings. The van der Waals surface area contributed by atoms with E-state index < -0.39 is 0 Å². The third kappa shape index (κ3) is 7.27. The molecule has 12 heteroatoms. The lowest BCUT2D eigenvalue weighted by Gasteiger charge is -2.41. The summed E-state index contributed by atoms with van der Waals surface area (Å²) in [6.45, 7) is 8.71. The number of para-hydroxylation sites is 2. The lowest BCUT2D eigenvalue weighted by Crippen LogP contribution is -2.61. The standard InChI is InChI=1S/C32H42N8O4/c41-29-21-35(22-30(42)39(29)25-33-13-17-37(18-14-33)27-7-3-1-4-8-27)11-12-36-23-31(43)40(32(44)24-36)26-34-15-19-38(20-16-34)28-9-5-2-6-10-28/h1-10H,11-26H2. The van der Waals surface area contributed by atoms with Gasteiger partial charge in [-0.2, -0.15) is 0 Å². The van der Waals surface area contributed by atoms with Crippen LogP contribution in [0.4, 0.5) is 11.4 Å². The van der Waals surface area contributed by atoms with Crippen molar-refractivity contribution < 1.29 is 19.2 Å². The van der Waals surface area contributed by atoms with Crippen molar-refractivity contribution in [3.63, 3.8) is 0 Å². The van der Waals surface area contributed by atoms with E-state index in [1.54, 1.807) is 0 Å². The molecule has 6 rings (SSSR count). The van der Waals surface area contributed by atoms with Crippen LogP contribution < -0.4 is 9.80 Å². The summed E-state index contributed by atoms with van der Waals surface area (Å²) in [6, 6.07) is 20.5. The zero-order valence-electron chi connectivity index (χ0n) is 25.3. The van der Waals surface area contributed by atoms with Crippen molar-refractivity contribution in [2.75, 3.05) is 115 Å². The number of nitrogens with zero attached hydrogens (tertiary/aromatic N) is 8. The number of piperazine rings is 4. The first kappa shape index (κ1) is 30.2. The van der Waals surface area contributed by atoms with Crippen molar-refractivity contribution in [3.05, 3.63) is 60.7 Å². The van der Waals surface area contributed by atoms with Crippen LogP contribution in [0.1, 0.15) is 0 Å². The first-order valence-corrected chi connectivity index (χ1v) is 15.6. The molecule has 4 fully saturated rings. The van der Waals surface area contributed by atoms with Gasteiger partial charge in [-0.1, -0.05) is 36.4 Å². The zero-order valence-corrected chi connectivity index (χ0v) is 25.3. The monoisotopic (exact) mass is 602 g/mol. The number of carbonyl (C=O) groups is 4. The third-order valence-electron chi connectivity index (χ3n) is 9.04. The maximum absolute atomic E-state index is 13.0. The molecular weight excluding hydrogens is 560 g/mol. The van der Waals surface area contributed by atoms with Crippen LogP contribution in [-0.4, -0.2) is 158 Å². The fourth-order valence-corrected chi connectivity index (χ4v) is 6.38. The van der Waals surface area contributed by atoms with Gasteiger partial charge in [0.05, 0.1) is 39.5 Å². The first-order valence-electron chi connectivity index (χ1n) is 15.6. The highest BCUT2D eigenvalue weighted by molar-refractivity contribution is 6.00. The number of carbonyl (C=O) groups excluding carboxylic acids is 4. The summed E-state index contributed by atoms with van der Waals surface area (Å²) in [5.41, 5.74) is 2.38. The van der Waals surface area contributed by atoms with E-state index in [9.17, 15) is 19.2 Å². The Balaban J connectivity index is 0.906. The van der Waals surface area contributed by atoms with E-state index in [0.717, 1.165) is 52.4 Å². The van der Waals surface area contributed by atoms with Crippen molar-refractivity contribution in [2.45, 2.75) is 0 Å². The van der Waals surface area contributed by atoms with Gasteiger partial charge in [0.15, 0.2) is 0 Å². The number of amides is 4. The summed E-state index contributed by atoms with van der Waals surface area (Å²) in [5.74, 6) is -0.792. The lowest BCUT2D eigenvalue weighted by molar-refractivity contribution is -0.157. The van der Waals surface area contributed by atoms with E-state index in [1.165, 1.54) is 21.2 Å². The van der Waals surface area contributed by atoms with Gasteiger partial charge in [0.25, 0.3) is 0 Å². The quantitative estimate of drug-likeness (QED) is 0.362. The Hall–Kier alpha value is -3.84. The molecule has 0 aliphatic carbocycles. The van der Waals surface area contributed by atoms with Gasteiger partial charge in [0, 0.05) is 76.8 Å². The fourth-order valence-electron chi connectivity index (χ4n) is 6.38. The predicted molar refractivity (Wildman–Crippen MR) is 167 cm³/mol. The van der Waals surface area contributed by atoms with Gasteiger partial charge in [0.1, 0.15) is 0 Å². The van der Waals surface area contributed by atoms with Crippen LogP contribution >= 0.6 is 0 Å². The summed E-state index contributed by atoms with van der Waals surface area (Å²) in [4.78, 5) is 67.2. The van der Waals surface area contributed by atoms with Crippen molar-refractivity contribution in [1.82, 2.24) is 29.4 Å². The van der Waals surface area contributed by atoms with Crippen molar-refractivity contribution in [3.8, 4) is 0 Å². The minimum Gasteiger partial charge on any atom is -0.369 e. The van der Waals surface area contributed by atoms with Crippen LogP contribution in [-0.2, 0) is 19.2 Å². The highest BCUT2D eigenvalue weighted by Gasteiger charge is 2.35. The first-order chi connectivity index (χ1) is 21.4. The van der Waals surface area contributed by atoms with E-state index in [0.29, 0.717) is 26.4 Å². The van der Waals surface area contributed by atoms with Gasteiger partial charge in [-0.15, -0.1) is 0 Å². The second-order valence-electron chi connectivity index (χ2n) is 12.0.